The zero-order chi connectivity index (χ0) is 11.8. The third-order valence-corrected chi connectivity index (χ3v) is 2.58. The average Bonchev–Trinajstić information content (AvgIpc) is 2.94. The van der Waals surface area contributed by atoms with E-state index in [2.05, 4.69) is 15.0 Å². The monoisotopic (exact) mass is 237 g/mol. The third-order valence-electron chi connectivity index (χ3n) is 2.58. The van der Waals surface area contributed by atoms with Gasteiger partial charge in [-0.25, -0.2) is 15.0 Å². The normalized spacial score (nSPS) is 24.5. The Morgan fingerprint density at radius 2 is 2.35 bits per heavy atom. The lowest BCUT2D eigenvalue weighted by molar-refractivity contribution is -0.0980. The van der Waals surface area contributed by atoms with E-state index in [4.69, 9.17) is 20.3 Å². The van der Waals surface area contributed by atoms with Crippen LogP contribution in [0.5, 0.6) is 0 Å². The predicted molar refractivity (Wildman–Crippen MR) is 56.7 cm³/mol. The molecule has 0 bridgehead atoms. The standard InChI is InChI=1S/C9H11N5O3/c10-8-7-9(12-3-11-8)14(4-13-7)5-2-16-6(1-15)17-5/h3-6,15H,1-2H2,(H2,10,11,12)/t5-,6?/m1/s1. The molecule has 1 unspecified atom stereocenters. The van der Waals surface area contributed by atoms with Crippen molar-refractivity contribution in [2.45, 2.75) is 12.5 Å². The van der Waals surface area contributed by atoms with E-state index in [1.807, 2.05) is 0 Å². The van der Waals surface area contributed by atoms with Gasteiger partial charge in [0.15, 0.2) is 24.0 Å². The number of nitrogens with two attached hydrogens (primary N) is 1. The Kier molecular flexibility index (Phi) is 2.39. The zero-order valence-electron chi connectivity index (χ0n) is 8.85. The maximum absolute atomic E-state index is 8.92. The Morgan fingerprint density at radius 3 is 3.12 bits per heavy atom. The number of fused-ring (bicyclic) bond motifs is 1. The van der Waals surface area contributed by atoms with E-state index in [0.29, 0.717) is 23.6 Å². The van der Waals surface area contributed by atoms with Crippen LogP contribution in [0.2, 0.25) is 0 Å². The van der Waals surface area contributed by atoms with Gasteiger partial charge in [-0.15, -0.1) is 0 Å². The Hall–Kier alpha value is -1.77. The number of ether oxygens (including phenoxy) is 2. The quantitative estimate of drug-likeness (QED) is 0.708. The molecule has 2 aromatic rings. The highest BCUT2D eigenvalue weighted by Crippen LogP contribution is 2.25. The van der Waals surface area contributed by atoms with Gasteiger partial charge >= 0.3 is 0 Å². The molecule has 2 aromatic heterocycles. The molecule has 1 fully saturated rings. The molecule has 8 nitrogen and oxygen atoms in total. The summed E-state index contributed by atoms with van der Waals surface area (Å²) in [6, 6.07) is 0. The second kappa shape index (κ2) is 3.91. The van der Waals surface area contributed by atoms with E-state index in [9.17, 15) is 0 Å². The largest absolute Gasteiger partial charge is 0.391 e. The fourth-order valence-electron chi connectivity index (χ4n) is 1.77. The summed E-state index contributed by atoms with van der Waals surface area (Å²) in [6.07, 6.45) is 1.99. The van der Waals surface area contributed by atoms with Crippen LogP contribution in [0.4, 0.5) is 5.82 Å². The number of nitrogen functional groups attached to an aromatic ring is 1. The summed E-state index contributed by atoms with van der Waals surface area (Å²) >= 11 is 0. The van der Waals surface area contributed by atoms with Crippen molar-refractivity contribution in [3.63, 3.8) is 0 Å². The molecule has 0 saturated carbocycles. The Balaban J connectivity index is 1.99. The summed E-state index contributed by atoms with van der Waals surface area (Å²) in [7, 11) is 0. The number of nitrogens with zero attached hydrogens (tertiary/aromatic N) is 4. The SMILES string of the molecule is Nc1ncnc2c1ncn2[C@H]1COC(CO)O1. The molecular formula is C9H11N5O3. The van der Waals surface area contributed by atoms with Crippen molar-refractivity contribution >= 4 is 17.0 Å². The third kappa shape index (κ3) is 1.62. The first kappa shape index (κ1) is 10.4. The molecular weight excluding hydrogens is 226 g/mol. The number of aromatic nitrogens is 4. The fourth-order valence-corrected chi connectivity index (χ4v) is 1.77. The van der Waals surface area contributed by atoms with E-state index < -0.39 is 6.29 Å². The lowest BCUT2D eigenvalue weighted by atomic mass is 10.5. The van der Waals surface area contributed by atoms with Gasteiger partial charge in [-0.3, -0.25) is 4.57 Å². The van der Waals surface area contributed by atoms with Crippen molar-refractivity contribution in [3.05, 3.63) is 12.7 Å². The first-order chi connectivity index (χ1) is 8.29. The molecule has 0 aromatic carbocycles. The topological polar surface area (TPSA) is 108 Å². The van der Waals surface area contributed by atoms with Gasteiger partial charge in [0, 0.05) is 0 Å². The molecule has 0 radical (unpaired) electrons. The van der Waals surface area contributed by atoms with Crippen LogP contribution in [0, 0.1) is 0 Å². The number of imidazole rings is 1. The second-order valence-electron chi connectivity index (χ2n) is 3.62. The first-order valence-electron chi connectivity index (χ1n) is 5.10. The summed E-state index contributed by atoms with van der Waals surface area (Å²) in [5, 5.41) is 8.92. The molecule has 3 N–H and O–H groups in total. The van der Waals surface area contributed by atoms with Crippen LogP contribution in [0.3, 0.4) is 0 Å². The molecule has 3 heterocycles. The van der Waals surface area contributed by atoms with Crippen molar-refractivity contribution in [3.8, 4) is 0 Å². The summed E-state index contributed by atoms with van der Waals surface area (Å²) in [6.45, 7) is 0.154. The highest BCUT2D eigenvalue weighted by molar-refractivity contribution is 5.81. The van der Waals surface area contributed by atoms with Crippen LogP contribution in [0.25, 0.3) is 11.2 Å². The van der Waals surface area contributed by atoms with E-state index in [0.717, 1.165) is 0 Å². The molecule has 1 aliphatic heterocycles. The number of hydrogen-bond donors (Lipinski definition) is 2. The van der Waals surface area contributed by atoms with Crippen molar-refractivity contribution < 1.29 is 14.6 Å². The second-order valence-corrected chi connectivity index (χ2v) is 3.62. The summed E-state index contributed by atoms with van der Waals surface area (Å²) < 4.78 is 12.4. The minimum absolute atomic E-state index is 0.180. The molecule has 0 spiro atoms. The smallest absolute Gasteiger partial charge is 0.183 e. The lowest BCUT2D eigenvalue weighted by Crippen LogP contribution is -2.15. The van der Waals surface area contributed by atoms with Gasteiger partial charge in [0.2, 0.25) is 0 Å². The van der Waals surface area contributed by atoms with Crippen molar-refractivity contribution in [2.24, 2.45) is 0 Å². The van der Waals surface area contributed by atoms with Crippen molar-refractivity contribution in [1.82, 2.24) is 19.5 Å². The van der Waals surface area contributed by atoms with E-state index in [1.54, 1.807) is 10.9 Å². The first-order valence-corrected chi connectivity index (χ1v) is 5.10. The number of anilines is 1. The molecule has 1 saturated heterocycles. The maximum Gasteiger partial charge on any atom is 0.183 e. The highest BCUT2D eigenvalue weighted by Gasteiger charge is 2.28. The van der Waals surface area contributed by atoms with Crippen LogP contribution in [-0.4, -0.2) is 44.1 Å². The van der Waals surface area contributed by atoms with E-state index in [1.165, 1.54) is 6.33 Å². The Morgan fingerprint density at radius 1 is 1.47 bits per heavy atom. The van der Waals surface area contributed by atoms with Gasteiger partial charge < -0.3 is 20.3 Å². The molecule has 2 atom stereocenters. The molecule has 90 valence electrons. The van der Waals surface area contributed by atoms with Gasteiger partial charge in [0.05, 0.1) is 19.5 Å². The van der Waals surface area contributed by atoms with Crippen LogP contribution < -0.4 is 5.73 Å². The predicted octanol–water partition coefficient (Wildman–Crippen LogP) is -0.728. The molecule has 17 heavy (non-hydrogen) atoms. The minimum atomic E-state index is -0.600. The van der Waals surface area contributed by atoms with Gasteiger partial charge in [0.25, 0.3) is 0 Å². The maximum atomic E-state index is 8.92. The molecule has 1 aliphatic rings. The van der Waals surface area contributed by atoms with Crippen LogP contribution in [0.15, 0.2) is 12.7 Å². The van der Waals surface area contributed by atoms with Crippen LogP contribution in [0.1, 0.15) is 6.23 Å². The zero-order valence-corrected chi connectivity index (χ0v) is 8.85. The minimum Gasteiger partial charge on any atom is -0.391 e. The number of aliphatic hydroxyl groups is 1. The Bertz CT molecular complexity index is 542. The van der Waals surface area contributed by atoms with Gasteiger partial charge in [-0.2, -0.15) is 0 Å². The van der Waals surface area contributed by atoms with E-state index in [-0.39, 0.29) is 12.8 Å². The molecule has 0 aliphatic carbocycles. The molecule has 8 heteroatoms. The lowest BCUT2D eigenvalue weighted by Gasteiger charge is -2.11. The molecule has 0 amide bonds. The fraction of sp³-hybridized carbons (Fsp3) is 0.444. The highest BCUT2D eigenvalue weighted by atomic mass is 16.7. The summed E-state index contributed by atoms with van der Waals surface area (Å²) in [5.41, 5.74) is 6.80. The summed E-state index contributed by atoms with van der Waals surface area (Å²) in [4.78, 5) is 12.1. The van der Waals surface area contributed by atoms with E-state index >= 15 is 0 Å². The van der Waals surface area contributed by atoms with Crippen LogP contribution >= 0.6 is 0 Å². The van der Waals surface area contributed by atoms with Crippen LogP contribution in [-0.2, 0) is 9.47 Å². The number of aliphatic hydroxyl groups excluding tert-OH is 1. The Labute approximate surface area is 96.0 Å². The van der Waals surface area contributed by atoms with Crippen molar-refractivity contribution in [2.75, 3.05) is 18.9 Å². The number of hydrogen-bond acceptors (Lipinski definition) is 7. The summed E-state index contributed by atoms with van der Waals surface area (Å²) in [5.74, 6) is 0.325. The van der Waals surface area contributed by atoms with Gasteiger partial charge in [-0.1, -0.05) is 0 Å². The average molecular weight is 237 g/mol. The van der Waals surface area contributed by atoms with Crippen molar-refractivity contribution in [1.29, 1.82) is 0 Å². The molecule has 3 rings (SSSR count). The number of rotatable bonds is 2. The van der Waals surface area contributed by atoms with Gasteiger partial charge in [0.1, 0.15) is 11.8 Å². The van der Waals surface area contributed by atoms with Gasteiger partial charge in [-0.05, 0) is 0 Å².